The van der Waals surface area contributed by atoms with Gasteiger partial charge in [0.25, 0.3) is 5.91 Å². The quantitative estimate of drug-likeness (QED) is 0.767. The van der Waals surface area contributed by atoms with E-state index in [1.165, 1.54) is 6.20 Å². The fourth-order valence-electron chi connectivity index (χ4n) is 2.18. The van der Waals surface area contributed by atoms with Crippen LogP contribution in [0.25, 0.3) is 0 Å². The zero-order valence-electron chi connectivity index (χ0n) is 12.5. The molecule has 2 rings (SSSR count). The minimum atomic E-state index is -0.789. The minimum Gasteiger partial charge on any atom is -0.340 e. The van der Waals surface area contributed by atoms with Gasteiger partial charge in [-0.2, -0.15) is 5.10 Å². The average molecular weight is 292 g/mol. The standard InChI is InChI=1S/C14H20N4O3/c1-8(2)4-5-18-9(3)10(7-15-18)13(20)16-11-6-12(19)17-14(11)21/h7-8,11H,4-6H2,1-3H3,(H,16,20)(H,17,19,21). The molecule has 0 spiro atoms. The molecule has 1 saturated heterocycles. The Morgan fingerprint density at radius 3 is 2.81 bits per heavy atom. The van der Waals surface area contributed by atoms with Gasteiger partial charge in [0.05, 0.1) is 18.2 Å². The Hall–Kier alpha value is -2.18. The summed E-state index contributed by atoms with van der Waals surface area (Å²) in [5.74, 6) is -0.648. The second-order valence-corrected chi connectivity index (χ2v) is 5.69. The van der Waals surface area contributed by atoms with Crippen molar-refractivity contribution in [3.05, 3.63) is 17.5 Å². The van der Waals surface area contributed by atoms with Crippen LogP contribution in [0.2, 0.25) is 0 Å². The maximum atomic E-state index is 12.2. The highest BCUT2D eigenvalue weighted by Gasteiger charge is 2.32. The van der Waals surface area contributed by atoms with Gasteiger partial charge in [-0.05, 0) is 19.3 Å². The Labute approximate surface area is 123 Å². The number of amides is 3. The Morgan fingerprint density at radius 1 is 1.52 bits per heavy atom. The summed E-state index contributed by atoms with van der Waals surface area (Å²) in [6, 6.07) is -0.789. The zero-order valence-corrected chi connectivity index (χ0v) is 12.5. The predicted octanol–water partition coefficient (Wildman–Crippen LogP) is 0.383. The molecule has 0 aromatic carbocycles. The molecule has 1 fully saturated rings. The molecular formula is C14H20N4O3. The van der Waals surface area contributed by atoms with Gasteiger partial charge < -0.3 is 5.32 Å². The number of aromatic nitrogens is 2. The van der Waals surface area contributed by atoms with E-state index in [-0.39, 0.29) is 18.2 Å². The van der Waals surface area contributed by atoms with Crippen molar-refractivity contribution in [1.29, 1.82) is 0 Å². The van der Waals surface area contributed by atoms with Crippen molar-refractivity contribution in [3.63, 3.8) is 0 Å². The molecule has 0 radical (unpaired) electrons. The van der Waals surface area contributed by atoms with Crippen LogP contribution in [0.3, 0.4) is 0 Å². The molecule has 21 heavy (non-hydrogen) atoms. The SMILES string of the molecule is Cc1c(C(=O)NC2CC(=O)NC2=O)cnn1CCC(C)C. The van der Waals surface area contributed by atoms with Crippen LogP contribution in [0.5, 0.6) is 0 Å². The molecule has 1 atom stereocenters. The smallest absolute Gasteiger partial charge is 0.255 e. The van der Waals surface area contributed by atoms with Gasteiger partial charge in [0.1, 0.15) is 6.04 Å². The Morgan fingerprint density at radius 2 is 2.24 bits per heavy atom. The molecule has 2 N–H and O–H groups in total. The molecule has 0 bridgehead atoms. The zero-order chi connectivity index (χ0) is 15.6. The normalized spacial score (nSPS) is 18.2. The summed E-state index contributed by atoms with van der Waals surface area (Å²) >= 11 is 0. The molecule has 3 amide bonds. The topological polar surface area (TPSA) is 93.1 Å². The first-order valence-corrected chi connectivity index (χ1v) is 7.05. The van der Waals surface area contributed by atoms with E-state index in [0.29, 0.717) is 11.5 Å². The van der Waals surface area contributed by atoms with E-state index in [2.05, 4.69) is 29.6 Å². The Bertz CT molecular complexity index is 577. The Kier molecular flexibility index (Phi) is 4.40. The second kappa shape index (κ2) is 6.07. The van der Waals surface area contributed by atoms with E-state index < -0.39 is 11.9 Å². The molecule has 1 aromatic heterocycles. The van der Waals surface area contributed by atoms with Crippen molar-refractivity contribution in [2.75, 3.05) is 0 Å². The van der Waals surface area contributed by atoms with Crippen LogP contribution in [-0.2, 0) is 16.1 Å². The lowest BCUT2D eigenvalue weighted by Crippen LogP contribution is -2.40. The van der Waals surface area contributed by atoms with Gasteiger partial charge >= 0.3 is 0 Å². The number of rotatable bonds is 5. The van der Waals surface area contributed by atoms with Crippen LogP contribution in [0.1, 0.15) is 42.7 Å². The first kappa shape index (κ1) is 15.2. The number of nitrogens with one attached hydrogen (secondary N) is 2. The van der Waals surface area contributed by atoms with E-state index >= 15 is 0 Å². The third kappa shape index (κ3) is 3.48. The molecule has 114 valence electrons. The molecule has 7 nitrogen and oxygen atoms in total. The number of nitrogens with zero attached hydrogens (tertiary/aromatic N) is 2. The van der Waals surface area contributed by atoms with Crippen molar-refractivity contribution in [2.45, 2.75) is 46.2 Å². The van der Waals surface area contributed by atoms with E-state index in [1.807, 2.05) is 6.92 Å². The van der Waals surface area contributed by atoms with Gasteiger partial charge in [0, 0.05) is 12.2 Å². The number of carbonyl (C=O) groups is 3. The third-order valence-corrected chi connectivity index (χ3v) is 3.54. The number of aryl methyl sites for hydroxylation is 1. The van der Waals surface area contributed by atoms with Gasteiger partial charge in [-0.1, -0.05) is 13.8 Å². The molecule has 7 heteroatoms. The fraction of sp³-hybridized carbons (Fsp3) is 0.571. The monoisotopic (exact) mass is 292 g/mol. The fourth-order valence-corrected chi connectivity index (χ4v) is 2.18. The molecule has 1 unspecified atom stereocenters. The Balaban J connectivity index is 2.03. The lowest BCUT2D eigenvalue weighted by molar-refractivity contribution is -0.125. The highest BCUT2D eigenvalue weighted by atomic mass is 16.2. The van der Waals surface area contributed by atoms with Gasteiger partial charge in [-0.3, -0.25) is 24.4 Å². The summed E-state index contributed by atoms with van der Waals surface area (Å²) in [7, 11) is 0. The summed E-state index contributed by atoms with van der Waals surface area (Å²) in [4.78, 5) is 34.7. The average Bonchev–Trinajstić information content (AvgIpc) is 2.90. The summed E-state index contributed by atoms with van der Waals surface area (Å²) < 4.78 is 1.79. The van der Waals surface area contributed by atoms with Crippen LogP contribution < -0.4 is 10.6 Å². The molecular weight excluding hydrogens is 272 g/mol. The van der Waals surface area contributed by atoms with Crippen LogP contribution in [0.4, 0.5) is 0 Å². The summed E-state index contributed by atoms with van der Waals surface area (Å²) in [5, 5.41) is 8.94. The lowest BCUT2D eigenvalue weighted by atomic mass is 10.1. The van der Waals surface area contributed by atoms with Gasteiger partial charge in [-0.25, -0.2) is 0 Å². The van der Waals surface area contributed by atoms with Crippen LogP contribution in [0.15, 0.2) is 6.20 Å². The second-order valence-electron chi connectivity index (χ2n) is 5.69. The van der Waals surface area contributed by atoms with Gasteiger partial charge in [0.2, 0.25) is 11.8 Å². The predicted molar refractivity (Wildman–Crippen MR) is 75.4 cm³/mol. The summed E-state index contributed by atoms with van der Waals surface area (Å²) in [5.41, 5.74) is 1.20. The number of imide groups is 1. The highest BCUT2D eigenvalue weighted by Crippen LogP contribution is 2.11. The van der Waals surface area contributed by atoms with E-state index in [9.17, 15) is 14.4 Å². The van der Waals surface area contributed by atoms with Crippen molar-refractivity contribution in [1.82, 2.24) is 20.4 Å². The largest absolute Gasteiger partial charge is 0.340 e. The number of hydrogen-bond acceptors (Lipinski definition) is 4. The number of carbonyl (C=O) groups excluding carboxylic acids is 3. The lowest BCUT2D eigenvalue weighted by Gasteiger charge is -2.10. The van der Waals surface area contributed by atoms with Crippen molar-refractivity contribution < 1.29 is 14.4 Å². The molecule has 1 aromatic rings. The molecule has 1 aliphatic heterocycles. The van der Waals surface area contributed by atoms with Crippen LogP contribution in [-0.4, -0.2) is 33.5 Å². The molecule has 0 saturated carbocycles. The summed E-state index contributed by atoms with van der Waals surface area (Å²) in [6.07, 6.45) is 2.47. The minimum absolute atomic E-state index is 0.00882. The maximum Gasteiger partial charge on any atom is 0.255 e. The number of hydrogen-bond donors (Lipinski definition) is 2. The van der Waals surface area contributed by atoms with Crippen molar-refractivity contribution in [3.8, 4) is 0 Å². The van der Waals surface area contributed by atoms with Crippen molar-refractivity contribution >= 4 is 17.7 Å². The third-order valence-electron chi connectivity index (χ3n) is 3.54. The van der Waals surface area contributed by atoms with E-state index in [4.69, 9.17) is 0 Å². The maximum absolute atomic E-state index is 12.2. The van der Waals surface area contributed by atoms with E-state index in [0.717, 1.165) is 18.7 Å². The molecule has 2 heterocycles. The van der Waals surface area contributed by atoms with Crippen LogP contribution >= 0.6 is 0 Å². The van der Waals surface area contributed by atoms with Gasteiger partial charge in [-0.15, -0.1) is 0 Å². The van der Waals surface area contributed by atoms with Gasteiger partial charge in [0.15, 0.2) is 0 Å². The highest BCUT2D eigenvalue weighted by molar-refractivity contribution is 6.08. The van der Waals surface area contributed by atoms with Crippen LogP contribution in [0, 0.1) is 12.8 Å². The summed E-state index contributed by atoms with van der Waals surface area (Å²) in [6.45, 7) is 6.83. The first-order valence-electron chi connectivity index (χ1n) is 7.05. The van der Waals surface area contributed by atoms with Crippen molar-refractivity contribution in [2.24, 2.45) is 5.92 Å². The van der Waals surface area contributed by atoms with E-state index in [1.54, 1.807) is 4.68 Å². The molecule has 0 aliphatic carbocycles. The molecule has 1 aliphatic rings. The first-order chi connectivity index (χ1) is 9.88.